The molecule has 3 unspecified atom stereocenters. The van der Waals surface area contributed by atoms with Crippen LogP contribution in [0, 0.1) is 5.92 Å². The first-order chi connectivity index (χ1) is 15.1. The third-order valence-electron chi connectivity index (χ3n) is 5.85. The molecule has 0 bridgehead atoms. The highest BCUT2D eigenvalue weighted by atomic mass is 16.3. The smallest absolute Gasteiger partial charge is 0.291 e. The lowest BCUT2D eigenvalue weighted by Gasteiger charge is -2.15. The fraction of sp³-hybridized carbons (Fsp3) is 0.318. The Morgan fingerprint density at radius 3 is 2.81 bits per heavy atom. The highest BCUT2D eigenvalue weighted by Gasteiger charge is 2.51. The van der Waals surface area contributed by atoms with E-state index >= 15 is 0 Å². The molecule has 1 aliphatic heterocycles. The number of benzene rings is 1. The summed E-state index contributed by atoms with van der Waals surface area (Å²) in [5.41, 5.74) is 3.09. The summed E-state index contributed by atoms with van der Waals surface area (Å²) in [7, 11) is 0. The maximum absolute atomic E-state index is 12.7. The zero-order chi connectivity index (χ0) is 21.4. The molecule has 0 spiro atoms. The summed E-state index contributed by atoms with van der Waals surface area (Å²) in [6, 6.07) is 11.0. The van der Waals surface area contributed by atoms with Crippen LogP contribution in [0.4, 0.5) is 5.82 Å². The number of nitrogens with one attached hydrogen (secondary N) is 3. The molecule has 1 aromatic carbocycles. The molecular weight excluding hydrogens is 396 g/mol. The van der Waals surface area contributed by atoms with Crippen molar-refractivity contribution >= 4 is 17.6 Å². The molecule has 0 radical (unpaired) electrons. The van der Waals surface area contributed by atoms with Crippen molar-refractivity contribution in [2.45, 2.75) is 31.2 Å². The SMILES string of the molecule is O=C(NC1C(=O)Nc2ncccc2C2CC12)c1n[nH]c(Cc2ccc(CCO)cc2)n1. The number of amides is 2. The van der Waals surface area contributed by atoms with Crippen LogP contribution < -0.4 is 10.6 Å². The first-order valence-corrected chi connectivity index (χ1v) is 10.3. The number of carbonyl (C=O) groups is 2. The van der Waals surface area contributed by atoms with Crippen LogP contribution in [0.1, 0.15) is 45.5 Å². The van der Waals surface area contributed by atoms with E-state index in [-0.39, 0.29) is 30.2 Å². The molecule has 2 aromatic heterocycles. The number of aliphatic hydroxyl groups excluding tert-OH is 1. The molecule has 2 amide bonds. The van der Waals surface area contributed by atoms with Crippen molar-refractivity contribution in [2.75, 3.05) is 11.9 Å². The van der Waals surface area contributed by atoms with Crippen molar-refractivity contribution in [1.82, 2.24) is 25.5 Å². The number of carbonyl (C=O) groups excluding carboxylic acids is 2. The van der Waals surface area contributed by atoms with E-state index in [2.05, 4.69) is 30.8 Å². The number of pyridine rings is 1. The average molecular weight is 418 g/mol. The van der Waals surface area contributed by atoms with Gasteiger partial charge in [0.1, 0.15) is 17.7 Å². The number of anilines is 1. The van der Waals surface area contributed by atoms with E-state index < -0.39 is 11.9 Å². The molecule has 5 rings (SSSR count). The third kappa shape index (κ3) is 3.91. The van der Waals surface area contributed by atoms with E-state index in [0.717, 1.165) is 23.1 Å². The van der Waals surface area contributed by atoms with E-state index in [4.69, 9.17) is 5.11 Å². The molecule has 158 valence electrons. The van der Waals surface area contributed by atoms with Gasteiger partial charge in [-0.2, -0.15) is 0 Å². The van der Waals surface area contributed by atoms with Crippen LogP contribution in [0.2, 0.25) is 0 Å². The summed E-state index contributed by atoms with van der Waals surface area (Å²) in [4.78, 5) is 33.9. The molecule has 0 saturated heterocycles. The van der Waals surface area contributed by atoms with E-state index in [0.29, 0.717) is 24.5 Å². The minimum atomic E-state index is -0.646. The minimum absolute atomic E-state index is 0.0109. The van der Waals surface area contributed by atoms with Gasteiger partial charge in [-0.3, -0.25) is 14.7 Å². The van der Waals surface area contributed by atoms with E-state index in [1.807, 2.05) is 36.4 Å². The average Bonchev–Trinajstić information content (AvgIpc) is 3.44. The van der Waals surface area contributed by atoms with Crippen LogP contribution in [-0.2, 0) is 17.6 Å². The molecule has 1 fully saturated rings. The molecule has 3 atom stereocenters. The van der Waals surface area contributed by atoms with Gasteiger partial charge in [-0.15, -0.1) is 5.10 Å². The molecule has 2 aliphatic rings. The normalized spacial score (nSPS) is 21.5. The van der Waals surface area contributed by atoms with Crippen molar-refractivity contribution in [3.63, 3.8) is 0 Å². The van der Waals surface area contributed by atoms with Crippen molar-refractivity contribution in [1.29, 1.82) is 0 Å². The van der Waals surface area contributed by atoms with Gasteiger partial charge in [0.25, 0.3) is 5.91 Å². The highest BCUT2D eigenvalue weighted by molar-refractivity contribution is 6.01. The summed E-state index contributed by atoms with van der Waals surface area (Å²) >= 11 is 0. The Bertz CT molecular complexity index is 1130. The number of aromatic nitrogens is 4. The summed E-state index contributed by atoms with van der Waals surface area (Å²) in [6.45, 7) is 0.114. The van der Waals surface area contributed by atoms with Gasteiger partial charge in [0.05, 0.1) is 0 Å². The van der Waals surface area contributed by atoms with Crippen LogP contribution >= 0.6 is 0 Å². The lowest BCUT2D eigenvalue weighted by molar-refractivity contribution is -0.118. The highest BCUT2D eigenvalue weighted by Crippen LogP contribution is 2.52. The number of aliphatic hydroxyl groups is 1. The number of hydrogen-bond donors (Lipinski definition) is 4. The van der Waals surface area contributed by atoms with Gasteiger partial charge in [0.2, 0.25) is 11.7 Å². The second-order valence-corrected chi connectivity index (χ2v) is 7.96. The quantitative estimate of drug-likeness (QED) is 0.475. The third-order valence-corrected chi connectivity index (χ3v) is 5.85. The first-order valence-electron chi connectivity index (χ1n) is 10.3. The van der Waals surface area contributed by atoms with E-state index in [1.165, 1.54) is 0 Å². The summed E-state index contributed by atoms with van der Waals surface area (Å²) in [5.74, 6) is 0.655. The topological polar surface area (TPSA) is 133 Å². The van der Waals surface area contributed by atoms with Gasteiger partial charge in [0.15, 0.2) is 0 Å². The Morgan fingerprint density at radius 2 is 2.00 bits per heavy atom. The standard InChI is InChI=1S/C22H22N6O3/c29-9-7-12-3-5-13(6-4-12)10-17-24-20(28-27-17)22(31)25-18-16-11-15(16)14-2-1-8-23-19(14)26-21(18)30/h1-6,8,15-16,18,29H,7,9-11H2,(H,25,31)(H,23,26,30)(H,24,27,28). The van der Waals surface area contributed by atoms with Crippen molar-refractivity contribution in [3.05, 3.63) is 70.9 Å². The van der Waals surface area contributed by atoms with Crippen LogP contribution in [0.15, 0.2) is 42.6 Å². The molecule has 3 heterocycles. The summed E-state index contributed by atoms with van der Waals surface area (Å²) < 4.78 is 0. The second-order valence-electron chi connectivity index (χ2n) is 7.96. The van der Waals surface area contributed by atoms with E-state index in [1.54, 1.807) is 6.20 Å². The summed E-state index contributed by atoms with van der Waals surface area (Å²) in [6.07, 6.45) is 3.59. The number of rotatable bonds is 6. The van der Waals surface area contributed by atoms with Gasteiger partial charge in [-0.25, -0.2) is 9.97 Å². The molecular formula is C22H22N6O3. The number of nitrogens with zero attached hydrogens (tertiary/aromatic N) is 3. The Kier molecular flexibility index (Phi) is 4.95. The van der Waals surface area contributed by atoms with Crippen LogP contribution in [0.5, 0.6) is 0 Å². The van der Waals surface area contributed by atoms with Gasteiger partial charge in [-0.05, 0) is 47.4 Å². The van der Waals surface area contributed by atoms with Crippen LogP contribution in [-0.4, -0.2) is 49.7 Å². The van der Waals surface area contributed by atoms with Gasteiger partial charge < -0.3 is 15.7 Å². The zero-order valence-electron chi connectivity index (χ0n) is 16.7. The molecule has 4 N–H and O–H groups in total. The van der Waals surface area contributed by atoms with Crippen molar-refractivity contribution in [2.24, 2.45) is 5.92 Å². The number of hydrogen-bond acceptors (Lipinski definition) is 6. The van der Waals surface area contributed by atoms with Crippen molar-refractivity contribution in [3.8, 4) is 0 Å². The molecule has 31 heavy (non-hydrogen) atoms. The van der Waals surface area contributed by atoms with Crippen LogP contribution in [0.3, 0.4) is 0 Å². The first kappa shape index (κ1) is 19.4. The Balaban J connectivity index is 1.25. The summed E-state index contributed by atoms with van der Waals surface area (Å²) in [5, 5.41) is 21.4. The fourth-order valence-electron chi connectivity index (χ4n) is 4.15. The predicted molar refractivity (Wildman–Crippen MR) is 111 cm³/mol. The largest absolute Gasteiger partial charge is 0.396 e. The molecule has 1 aliphatic carbocycles. The zero-order valence-corrected chi connectivity index (χ0v) is 16.7. The molecule has 9 nitrogen and oxygen atoms in total. The number of fused-ring (bicyclic) bond motifs is 3. The number of aromatic amines is 1. The van der Waals surface area contributed by atoms with Crippen molar-refractivity contribution < 1.29 is 14.7 Å². The number of H-pyrrole nitrogens is 1. The Hall–Kier alpha value is -3.59. The van der Waals surface area contributed by atoms with Gasteiger partial charge in [0, 0.05) is 19.2 Å². The second kappa shape index (κ2) is 7.92. The minimum Gasteiger partial charge on any atom is -0.396 e. The molecule has 3 aromatic rings. The maximum Gasteiger partial charge on any atom is 0.291 e. The lowest BCUT2D eigenvalue weighted by atomic mass is 10.1. The lowest BCUT2D eigenvalue weighted by Crippen LogP contribution is -2.45. The molecule has 9 heteroatoms. The monoisotopic (exact) mass is 418 g/mol. The van der Waals surface area contributed by atoms with E-state index in [9.17, 15) is 9.59 Å². The van der Waals surface area contributed by atoms with Gasteiger partial charge >= 0.3 is 0 Å². The maximum atomic E-state index is 12.7. The van der Waals surface area contributed by atoms with Crippen LogP contribution in [0.25, 0.3) is 0 Å². The Labute approximate surface area is 178 Å². The Morgan fingerprint density at radius 1 is 1.19 bits per heavy atom. The van der Waals surface area contributed by atoms with Gasteiger partial charge in [-0.1, -0.05) is 30.3 Å². The fourth-order valence-corrected chi connectivity index (χ4v) is 4.15. The molecule has 1 saturated carbocycles. The predicted octanol–water partition coefficient (Wildman–Crippen LogP) is 1.18.